The van der Waals surface area contributed by atoms with E-state index in [1.807, 2.05) is 32.0 Å². The molecule has 0 saturated heterocycles. The van der Waals surface area contributed by atoms with E-state index in [0.717, 1.165) is 82.2 Å². The van der Waals surface area contributed by atoms with Crippen LogP contribution in [0.1, 0.15) is 48.8 Å². The lowest BCUT2D eigenvalue weighted by Crippen LogP contribution is -2.31. The van der Waals surface area contributed by atoms with Gasteiger partial charge in [0.2, 0.25) is 0 Å². The van der Waals surface area contributed by atoms with Crippen LogP contribution in [0.5, 0.6) is 0 Å². The second-order valence-corrected chi connectivity index (χ2v) is 9.31. The molecule has 0 fully saturated rings. The number of nitrogens with one attached hydrogen (secondary N) is 2. The summed E-state index contributed by atoms with van der Waals surface area (Å²) in [6, 6.07) is 15.0. The summed E-state index contributed by atoms with van der Waals surface area (Å²) in [5.74, 6) is 0. The average molecular weight is 499 g/mol. The predicted octanol–water partition coefficient (Wildman–Crippen LogP) is 7.23. The summed E-state index contributed by atoms with van der Waals surface area (Å²) < 4.78 is 0. The average Bonchev–Trinajstić information content (AvgIpc) is 3.21. The molecule has 6 heteroatoms. The van der Waals surface area contributed by atoms with Gasteiger partial charge < -0.3 is 15.2 Å². The fourth-order valence-corrected chi connectivity index (χ4v) is 4.65. The third-order valence-corrected chi connectivity index (χ3v) is 6.71. The summed E-state index contributed by atoms with van der Waals surface area (Å²) in [6.45, 7) is 22.6. The third kappa shape index (κ3) is 6.46. The van der Waals surface area contributed by atoms with Crippen molar-refractivity contribution < 1.29 is 4.92 Å². The van der Waals surface area contributed by atoms with Gasteiger partial charge in [-0.1, -0.05) is 69.0 Å². The Labute approximate surface area is 220 Å². The molecule has 3 rings (SSSR count). The molecular formula is C31H38N4O2. The fourth-order valence-electron chi connectivity index (χ4n) is 4.65. The summed E-state index contributed by atoms with van der Waals surface area (Å²) in [6.07, 6.45) is 2.10. The molecule has 0 aliphatic rings. The molecule has 0 spiro atoms. The van der Waals surface area contributed by atoms with Crippen molar-refractivity contribution in [2.24, 2.45) is 0 Å². The molecule has 0 aliphatic heterocycles. The van der Waals surface area contributed by atoms with Gasteiger partial charge in [-0.2, -0.15) is 0 Å². The first-order chi connectivity index (χ1) is 17.7. The number of H-pyrrole nitrogens is 1. The van der Waals surface area contributed by atoms with Crippen LogP contribution < -0.4 is 5.32 Å². The van der Waals surface area contributed by atoms with Crippen LogP contribution in [0.25, 0.3) is 28.5 Å². The van der Waals surface area contributed by atoms with Crippen LogP contribution in [0, 0.1) is 24.0 Å². The quantitative estimate of drug-likeness (QED) is 0.157. The molecule has 0 atom stereocenters. The van der Waals surface area contributed by atoms with Crippen molar-refractivity contribution in [3.8, 4) is 11.1 Å². The molecule has 0 amide bonds. The normalized spacial score (nSPS) is 11.6. The van der Waals surface area contributed by atoms with Gasteiger partial charge in [-0.3, -0.25) is 10.1 Å². The maximum Gasteiger partial charge on any atom is 0.270 e. The Hall–Kier alpha value is -3.90. The monoisotopic (exact) mass is 498 g/mol. The number of non-ortho nitro benzene ring substituents is 1. The first kappa shape index (κ1) is 27.7. The standard InChI is InChI=1S/C31H38N4O2/c1-8-34(9-2)18-17-32-23(6)30-24(7)33-29(31(30)25-14-12-15-26(19-25)35(36)37)20-28(21(3)4)27-16-11-10-13-22(27)5/h10-16,19-20,32-33H,3,6,8-9,17-18H2,1-2,4-5,7H3/b28-20+. The van der Waals surface area contributed by atoms with Gasteiger partial charge in [0.15, 0.2) is 0 Å². The highest BCUT2D eigenvalue weighted by Crippen LogP contribution is 2.38. The lowest BCUT2D eigenvalue weighted by molar-refractivity contribution is -0.384. The molecule has 0 aliphatic carbocycles. The number of hydrogen-bond donors (Lipinski definition) is 2. The van der Waals surface area contributed by atoms with Gasteiger partial charge >= 0.3 is 0 Å². The minimum Gasteiger partial charge on any atom is -0.384 e. The second kappa shape index (κ2) is 12.4. The van der Waals surface area contributed by atoms with Gasteiger partial charge in [0.25, 0.3) is 5.69 Å². The largest absolute Gasteiger partial charge is 0.384 e. The highest BCUT2D eigenvalue weighted by atomic mass is 16.6. The van der Waals surface area contributed by atoms with Gasteiger partial charge in [0, 0.05) is 53.4 Å². The Morgan fingerprint density at radius 3 is 2.43 bits per heavy atom. The van der Waals surface area contributed by atoms with Gasteiger partial charge in [0.05, 0.1) is 4.92 Å². The lowest BCUT2D eigenvalue weighted by Gasteiger charge is -2.19. The van der Waals surface area contributed by atoms with E-state index < -0.39 is 0 Å². The Morgan fingerprint density at radius 1 is 1.11 bits per heavy atom. The van der Waals surface area contributed by atoms with Crippen molar-refractivity contribution in [2.45, 2.75) is 34.6 Å². The molecule has 1 heterocycles. The van der Waals surface area contributed by atoms with Crippen LogP contribution in [-0.4, -0.2) is 41.0 Å². The number of nitro groups is 1. The number of hydrogen-bond acceptors (Lipinski definition) is 4. The SMILES string of the molecule is C=C(C)/C(=C\c1[nH]c(C)c(C(=C)NCCN(CC)CC)c1-c1cccc([N+](=O)[O-])c1)c1ccccc1C. The minimum absolute atomic E-state index is 0.0522. The van der Waals surface area contributed by atoms with E-state index in [2.05, 4.69) is 67.3 Å². The smallest absolute Gasteiger partial charge is 0.270 e. The number of aromatic nitrogens is 1. The van der Waals surface area contributed by atoms with Crippen molar-refractivity contribution in [1.82, 2.24) is 15.2 Å². The summed E-state index contributed by atoms with van der Waals surface area (Å²) in [7, 11) is 0. The molecule has 6 nitrogen and oxygen atoms in total. The highest BCUT2D eigenvalue weighted by Gasteiger charge is 2.21. The summed E-state index contributed by atoms with van der Waals surface area (Å²) in [5.41, 5.74) is 9.42. The zero-order valence-electron chi connectivity index (χ0n) is 22.6. The number of nitrogens with zero attached hydrogens (tertiary/aromatic N) is 2. The maximum absolute atomic E-state index is 11.6. The number of aryl methyl sites for hydroxylation is 2. The summed E-state index contributed by atoms with van der Waals surface area (Å²) in [4.78, 5) is 17.1. The fraction of sp³-hybridized carbons (Fsp3) is 0.290. The predicted molar refractivity (Wildman–Crippen MR) is 156 cm³/mol. The van der Waals surface area contributed by atoms with E-state index >= 15 is 0 Å². The maximum atomic E-state index is 11.6. The Balaban J connectivity index is 2.17. The molecule has 3 aromatic rings. The van der Waals surface area contributed by atoms with Crippen LogP contribution in [0.4, 0.5) is 5.69 Å². The number of benzene rings is 2. The van der Waals surface area contributed by atoms with E-state index in [1.165, 1.54) is 6.07 Å². The number of aromatic amines is 1. The van der Waals surface area contributed by atoms with Gasteiger partial charge in [0.1, 0.15) is 0 Å². The van der Waals surface area contributed by atoms with E-state index in [0.29, 0.717) is 0 Å². The van der Waals surface area contributed by atoms with Crippen LogP contribution in [0.3, 0.4) is 0 Å². The molecule has 2 N–H and O–H groups in total. The van der Waals surface area contributed by atoms with Crippen molar-refractivity contribution in [3.05, 3.63) is 105 Å². The zero-order chi connectivity index (χ0) is 27.1. The summed E-state index contributed by atoms with van der Waals surface area (Å²) in [5, 5.41) is 15.1. The van der Waals surface area contributed by atoms with Crippen LogP contribution >= 0.6 is 0 Å². The first-order valence-electron chi connectivity index (χ1n) is 12.7. The molecule has 0 saturated carbocycles. The molecule has 2 aromatic carbocycles. The topological polar surface area (TPSA) is 74.2 Å². The third-order valence-electron chi connectivity index (χ3n) is 6.71. The Morgan fingerprint density at radius 2 is 1.81 bits per heavy atom. The second-order valence-electron chi connectivity index (χ2n) is 9.31. The van der Waals surface area contributed by atoms with Crippen molar-refractivity contribution >= 4 is 23.0 Å². The Bertz CT molecular complexity index is 1330. The minimum atomic E-state index is -0.359. The molecule has 0 radical (unpaired) electrons. The molecule has 37 heavy (non-hydrogen) atoms. The van der Waals surface area contributed by atoms with Crippen LogP contribution in [0.15, 0.2) is 67.3 Å². The lowest BCUT2D eigenvalue weighted by atomic mass is 9.92. The van der Waals surface area contributed by atoms with Crippen molar-refractivity contribution in [3.63, 3.8) is 0 Å². The first-order valence-corrected chi connectivity index (χ1v) is 12.7. The number of rotatable bonds is 12. The van der Waals surface area contributed by atoms with E-state index in [9.17, 15) is 10.1 Å². The number of likely N-dealkylation sites (N-methyl/N-ethyl adjacent to an activating group) is 1. The van der Waals surface area contributed by atoms with E-state index in [4.69, 9.17) is 0 Å². The van der Waals surface area contributed by atoms with Gasteiger partial charge in [-0.05, 0) is 62.2 Å². The number of nitro benzene ring substituents is 1. The van der Waals surface area contributed by atoms with E-state index in [-0.39, 0.29) is 10.6 Å². The molecule has 194 valence electrons. The van der Waals surface area contributed by atoms with Gasteiger partial charge in [-0.25, -0.2) is 0 Å². The van der Waals surface area contributed by atoms with Crippen molar-refractivity contribution in [2.75, 3.05) is 26.2 Å². The van der Waals surface area contributed by atoms with Crippen LogP contribution in [0.2, 0.25) is 0 Å². The van der Waals surface area contributed by atoms with Gasteiger partial charge in [-0.15, -0.1) is 0 Å². The number of allylic oxidation sites excluding steroid dienone is 2. The molecule has 0 unspecified atom stereocenters. The summed E-state index contributed by atoms with van der Waals surface area (Å²) >= 11 is 0. The van der Waals surface area contributed by atoms with Crippen LogP contribution in [-0.2, 0) is 0 Å². The zero-order valence-corrected chi connectivity index (χ0v) is 22.6. The Kier molecular flexibility index (Phi) is 9.25. The highest BCUT2D eigenvalue weighted by molar-refractivity contribution is 5.96. The molecular weight excluding hydrogens is 460 g/mol. The van der Waals surface area contributed by atoms with E-state index in [1.54, 1.807) is 12.1 Å². The molecule has 0 bridgehead atoms. The molecule has 1 aromatic heterocycles. The van der Waals surface area contributed by atoms with Crippen molar-refractivity contribution in [1.29, 1.82) is 0 Å².